The van der Waals surface area contributed by atoms with Crippen LogP contribution < -0.4 is 4.90 Å². The number of benzene rings is 9. The van der Waals surface area contributed by atoms with Gasteiger partial charge in [-0.05, 0) is 123 Å². The van der Waals surface area contributed by atoms with Crippen LogP contribution in [0.4, 0.5) is 17.1 Å². The molecule has 308 valence electrons. The minimum atomic E-state index is -0.0626. The van der Waals surface area contributed by atoms with Gasteiger partial charge in [0.2, 0.25) is 5.78 Å². The molecule has 0 amide bonds. The van der Waals surface area contributed by atoms with Gasteiger partial charge in [0.25, 0.3) is 0 Å². The summed E-state index contributed by atoms with van der Waals surface area (Å²) in [5.74, 6) is 0.868. The molecule has 1 aliphatic carbocycles. The molecule has 0 radical (unpaired) electrons. The van der Waals surface area contributed by atoms with E-state index in [1.807, 2.05) is 0 Å². The Hall–Kier alpha value is -8.41. The van der Waals surface area contributed by atoms with E-state index in [1.54, 1.807) is 0 Å². The molecule has 0 spiro atoms. The summed E-state index contributed by atoms with van der Waals surface area (Å²) >= 11 is 0. The Kier molecular flexibility index (Phi) is 8.18. The highest BCUT2D eigenvalue weighted by atomic mass is 15.3. The molecule has 3 aromatic heterocycles. The van der Waals surface area contributed by atoms with Crippen molar-refractivity contribution in [2.24, 2.45) is 0 Å². The summed E-state index contributed by atoms with van der Waals surface area (Å²) in [4.78, 5) is 7.91. The number of imidazole rings is 2. The van der Waals surface area contributed by atoms with E-state index in [0.717, 1.165) is 67.3 Å². The second-order valence-electron chi connectivity index (χ2n) is 17.7. The third-order valence-corrected chi connectivity index (χ3v) is 13.7. The fraction of sp³-hybridized carbons (Fsp3) is 0.0500. The molecule has 13 rings (SSSR count). The van der Waals surface area contributed by atoms with Crippen molar-refractivity contribution in [2.75, 3.05) is 4.90 Å². The Bertz CT molecular complexity index is 3760. The van der Waals surface area contributed by atoms with E-state index in [0.29, 0.717) is 0 Å². The molecule has 0 saturated carbocycles. The molecular formula is C60H43N5. The van der Waals surface area contributed by atoms with Gasteiger partial charge in [-0.2, -0.15) is 4.98 Å². The summed E-state index contributed by atoms with van der Waals surface area (Å²) in [5, 5.41) is 1.16. The quantitative estimate of drug-likeness (QED) is 0.160. The molecule has 1 aliphatic rings. The van der Waals surface area contributed by atoms with Gasteiger partial charge in [0.05, 0.1) is 16.6 Å². The smallest absolute Gasteiger partial charge is 0.222 e. The number of nitrogens with zero attached hydrogens (tertiary/aromatic N) is 5. The predicted octanol–water partition coefficient (Wildman–Crippen LogP) is 15.5. The van der Waals surface area contributed by atoms with E-state index in [2.05, 4.69) is 257 Å². The van der Waals surface area contributed by atoms with Crippen molar-refractivity contribution in [1.82, 2.24) is 18.5 Å². The number of rotatable bonds is 7. The predicted molar refractivity (Wildman–Crippen MR) is 269 cm³/mol. The van der Waals surface area contributed by atoms with E-state index in [1.165, 1.54) is 44.5 Å². The van der Waals surface area contributed by atoms with Crippen LogP contribution >= 0.6 is 0 Å². The van der Waals surface area contributed by atoms with Gasteiger partial charge in [-0.3, -0.25) is 13.5 Å². The number of hydrogen-bond acceptors (Lipinski definition) is 2. The van der Waals surface area contributed by atoms with Gasteiger partial charge < -0.3 is 4.90 Å². The fourth-order valence-corrected chi connectivity index (χ4v) is 10.5. The lowest BCUT2D eigenvalue weighted by molar-refractivity contribution is 0.660. The van der Waals surface area contributed by atoms with Crippen LogP contribution in [0.5, 0.6) is 0 Å². The maximum atomic E-state index is 5.53. The summed E-state index contributed by atoms with van der Waals surface area (Å²) in [6.07, 6.45) is 0. The average Bonchev–Trinajstić information content (AvgIpc) is 4.06. The SMILES string of the molecule is CC1(C)c2ccccc2-c2ccc(-c3ccc(N(c4ccc(-c5ccccc5)cc4)c4ccc5c(c4)n(-c4ccccc4)c4nc6c(c7ccccc7n6-c6ccccc6)n54)cc3)cc21. The average molecular weight is 834 g/mol. The van der Waals surface area contributed by atoms with Crippen molar-refractivity contribution in [3.63, 3.8) is 0 Å². The van der Waals surface area contributed by atoms with Gasteiger partial charge in [-0.25, -0.2) is 0 Å². The van der Waals surface area contributed by atoms with Crippen LogP contribution in [0.1, 0.15) is 25.0 Å². The van der Waals surface area contributed by atoms with E-state index in [-0.39, 0.29) is 5.41 Å². The third-order valence-electron chi connectivity index (χ3n) is 13.7. The van der Waals surface area contributed by atoms with Crippen LogP contribution in [0.15, 0.2) is 224 Å². The minimum absolute atomic E-state index is 0.0626. The number of para-hydroxylation sites is 3. The van der Waals surface area contributed by atoms with Crippen molar-refractivity contribution in [2.45, 2.75) is 19.3 Å². The maximum absolute atomic E-state index is 5.53. The molecule has 0 unspecified atom stereocenters. The van der Waals surface area contributed by atoms with E-state index >= 15 is 0 Å². The third kappa shape index (κ3) is 5.68. The highest BCUT2D eigenvalue weighted by Gasteiger charge is 2.35. The molecule has 0 N–H and O–H groups in total. The van der Waals surface area contributed by atoms with Crippen molar-refractivity contribution in [3.05, 3.63) is 236 Å². The zero-order valence-corrected chi connectivity index (χ0v) is 36.1. The van der Waals surface area contributed by atoms with Gasteiger partial charge >= 0.3 is 0 Å². The molecule has 0 saturated heterocycles. The molecule has 5 nitrogen and oxygen atoms in total. The summed E-state index contributed by atoms with van der Waals surface area (Å²) < 4.78 is 6.96. The van der Waals surface area contributed by atoms with Gasteiger partial charge in [-0.1, -0.05) is 159 Å². The lowest BCUT2D eigenvalue weighted by Crippen LogP contribution is -2.14. The number of hydrogen-bond donors (Lipinski definition) is 0. The molecule has 3 heterocycles. The highest BCUT2D eigenvalue weighted by molar-refractivity contribution is 6.10. The summed E-state index contributed by atoms with van der Waals surface area (Å²) in [5.41, 5.74) is 20.8. The first-order chi connectivity index (χ1) is 32.0. The zero-order valence-electron chi connectivity index (χ0n) is 36.1. The molecule has 0 bridgehead atoms. The summed E-state index contributed by atoms with van der Waals surface area (Å²) in [7, 11) is 0. The van der Waals surface area contributed by atoms with Crippen molar-refractivity contribution in [1.29, 1.82) is 0 Å². The molecule has 65 heavy (non-hydrogen) atoms. The lowest BCUT2D eigenvalue weighted by Gasteiger charge is -2.26. The van der Waals surface area contributed by atoms with Crippen molar-refractivity contribution >= 4 is 55.9 Å². The molecular weight excluding hydrogens is 791 g/mol. The molecule has 0 fully saturated rings. The highest BCUT2D eigenvalue weighted by Crippen LogP contribution is 2.50. The Balaban J connectivity index is 0.992. The normalized spacial score (nSPS) is 12.9. The van der Waals surface area contributed by atoms with Crippen molar-refractivity contribution < 1.29 is 0 Å². The van der Waals surface area contributed by atoms with Gasteiger partial charge in [0.15, 0.2) is 5.65 Å². The molecule has 12 aromatic rings. The second-order valence-corrected chi connectivity index (χ2v) is 17.7. The molecule has 9 aromatic carbocycles. The van der Waals surface area contributed by atoms with Gasteiger partial charge in [0.1, 0.15) is 5.52 Å². The first kappa shape index (κ1) is 37.2. The van der Waals surface area contributed by atoms with Crippen LogP contribution in [0, 0.1) is 0 Å². The number of anilines is 3. The first-order valence-electron chi connectivity index (χ1n) is 22.4. The Morgan fingerprint density at radius 2 is 0.938 bits per heavy atom. The molecule has 5 heteroatoms. The number of fused-ring (bicyclic) bond motifs is 10. The van der Waals surface area contributed by atoms with E-state index in [4.69, 9.17) is 4.98 Å². The van der Waals surface area contributed by atoms with Crippen LogP contribution in [-0.4, -0.2) is 18.5 Å². The first-order valence-corrected chi connectivity index (χ1v) is 22.4. The van der Waals surface area contributed by atoms with Gasteiger partial charge in [0, 0.05) is 39.2 Å². The van der Waals surface area contributed by atoms with Gasteiger partial charge in [-0.15, -0.1) is 0 Å². The maximum Gasteiger partial charge on any atom is 0.222 e. The number of aromatic nitrogens is 4. The fourth-order valence-electron chi connectivity index (χ4n) is 10.5. The standard InChI is InChI=1S/C60H43N5/c1-60(2)52-24-14-12-22-49(52)50-36-30-43(38-53(50)60)42-28-33-47(34-29-42)62(46-31-26-41(27-32-46)40-16-6-3-7-17-40)48-35-37-55-56(39-48)64(45-20-10-5-11-21-45)59-61-58-57(65(55)59)51-23-13-15-25-54(51)63(58)44-18-8-4-9-19-44/h3-39H,1-2H3. The molecule has 0 atom stereocenters. The van der Waals surface area contributed by atoms with Crippen LogP contribution in [0.2, 0.25) is 0 Å². The van der Waals surface area contributed by atoms with Crippen molar-refractivity contribution in [3.8, 4) is 44.8 Å². The Morgan fingerprint density at radius 1 is 0.400 bits per heavy atom. The molecule has 0 aliphatic heterocycles. The topological polar surface area (TPSA) is 30.4 Å². The van der Waals surface area contributed by atoms with E-state index < -0.39 is 0 Å². The summed E-state index contributed by atoms with van der Waals surface area (Å²) in [6, 6.07) is 81.2. The second kappa shape index (κ2) is 14.3. The van der Waals surface area contributed by atoms with Crippen LogP contribution in [-0.2, 0) is 5.41 Å². The Labute approximate surface area is 377 Å². The Morgan fingerprint density at radius 3 is 1.65 bits per heavy atom. The van der Waals surface area contributed by atoms with Crippen LogP contribution in [0.3, 0.4) is 0 Å². The summed E-state index contributed by atoms with van der Waals surface area (Å²) in [6.45, 7) is 4.69. The zero-order chi connectivity index (χ0) is 43.2. The largest absolute Gasteiger partial charge is 0.310 e. The van der Waals surface area contributed by atoms with E-state index in [9.17, 15) is 0 Å². The monoisotopic (exact) mass is 833 g/mol. The minimum Gasteiger partial charge on any atom is -0.310 e. The lowest BCUT2D eigenvalue weighted by atomic mass is 9.81. The van der Waals surface area contributed by atoms with Crippen LogP contribution in [0.25, 0.3) is 83.6 Å².